The summed E-state index contributed by atoms with van der Waals surface area (Å²) in [7, 11) is 0. The third-order valence-electron chi connectivity index (χ3n) is 2.13. The van der Waals surface area contributed by atoms with E-state index in [-0.39, 0.29) is 0 Å². The molecule has 0 atom stereocenters. The van der Waals surface area contributed by atoms with Gasteiger partial charge in [-0.25, -0.2) is 4.79 Å². The second-order valence-corrected chi connectivity index (χ2v) is 3.66. The maximum atomic E-state index is 9.91. The average molecular weight is 248 g/mol. The zero-order valence-electron chi connectivity index (χ0n) is 11.5. The fraction of sp³-hybridized carbons (Fsp3) is 0.923. The maximum Gasteiger partial charge on any atom is 0.505 e. The first-order valence-corrected chi connectivity index (χ1v) is 6.62. The fourth-order valence-corrected chi connectivity index (χ4v) is 1.25. The molecule has 0 radical (unpaired) electrons. The molecule has 1 N–H and O–H groups in total. The Morgan fingerprint density at radius 2 is 1.47 bits per heavy atom. The maximum absolute atomic E-state index is 9.91. The smallest absolute Gasteiger partial charge is 0.450 e. The lowest BCUT2D eigenvalue weighted by Gasteiger charge is -2.00. The number of carboxylic acid groups (broad SMARTS) is 1. The van der Waals surface area contributed by atoms with E-state index >= 15 is 0 Å². The van der Waals surface area contributed by atoms with Crippen LogP contribution in [0.5, 0.6) is 0 Å². The van der Waals surface area contributed by atoms with Gasteiger partial charge in [-0.3, -0.25) is 0 Å². The molecule has 4 heteroatoms. The summed E-state index contributed by atoms with van der Waals surface area (Å²) in [5.41, 5.74) is 0. The van der Waals surface area contributed by atoms with Gasteiger partial charge in [-0.05, 0) is 20.3 Å². The van der Waals surface area contributed by atoms with E-state index in [9.17, 15) is 4.79 Å². The van der Waals surface area contributed by atoms with Crippen LogP contribution in [0.25, 0.3) is 0 Å². The first-order valence-electron chi connectivity index (χ1n) is 6.62. The van der Waals surface area contributed by atoms with Gasteiger partial charge in [0.1, 0.15) is 0 Å². The van der Waals surface area contributed by atoms with E-state index in [1.54, 1.807) is 0 Å². The SMILES string of the molecule is CCCCCCCCOC(=O)O.CCOCC. The fourth-order valence-electron chi connectivity index (χ4n) is 1.25. The molecular weight excluding hydrogens is 220 g/mol. The number of carbonyl (C=O) groups is 1. The van der Waals surface area contributed by atoms with E-state index in [2.05, 4.69) is 11.7 Å². The van der Waals surface area contributed by atoms with Crippen molar-refractivity contribution in [1.82, 2.24) is 0 Å². The number of rotatable bonds is 9. The summed E-state index contributed by atoms with van der Waals surface area (Å²) < 4.78 is 9.20. The third kappa shape index (κ3) is 25.5. The highest BCUT2D eigenvalue weighted by Gasteiger charge is 1.94. The average Bonchev–Trinajstić information content (AvgIpc) is 2.29. The molecule has 0 aromatic rings. The highest BCUT2D eigenvalue weighted by atomic mass is 16.7. The lowest BCUT2D eigenvalue weighted by Crippen LogP contribution is -2.01. The summed E-state index contributed by atoms with van der Waals surface area (Å²) in [4.78, 5) is 9.91. The molecular formula is C13H28O4. The van der Waals surface area contributed by atoms with Crippen molar-refractivity contribution < 1.29 is 19.4 Å². The minimum absolute atomic E-state index is 0.349. The van der Waals surface area contributed by atoms with Gasteiger partial charge >= 0.3 is 6.16 Å². The van der Waals surface area contributed by atoms with Gasteiger partial charge in [-0.2, -0.15) is 0 Å². The van der Waals surface area contributed by atoms with Gasteiger partial charge in [0.2, 0.25) is 0 Å². The molecule has 104 valence electrons. The first kappa shape index (κ1) is 18.6. The minimum atomic E-state index is -1.16. The van der Waals surface area contributed by atoms with E-state index in [0.717, 1.165) is 26.1 Å². The van der Waals surface area contributed by atoms with Gasteiger partial charge in [-0.1, -0.05) is 39.0 Å². The number of unbranched alkanes of at least 4 members (excludes halogenated alkanes) is 5. The zero-order chi connectivity index (χ0) is 13.4. The molecule has 0 amide bonds. The molecule has 0 fully saturated rings. The monoisotopic (exact) mass is 248 g/mol. The van der Waals surface area contributed by atoms with Gasteiger partial charge in [0.05, 0.1) is 6.61 Å². The number of ether oxygens (including phenoxy) is 2. The standard InChI is InChI=1S/C9H18O3.C4H10O/c1-2-3-4-5-6-7-8-12-9(10)11;1-3-5-4-2/h2-8H2,1H3,(H,10,11);3-4H2,1-2H3. The van der Waals surface area contributed by atoms with E-state index in [1.807, 2.05) is 13.8 Å². The largest absolute Gasteiger partial charge is 0.505 e. The van der Waals surface area contributed by atoms with Gasteiger partial charge in [0.15, 0.2) is 0 Å². The normalized spacial score (nSPS) is 9.35. The minimum Gasteiger partial charge on any atom is -0.450 e. The zero-order valence-corrected chi connectivity index (χ0v) is 11.5. The van der Waals surface area contributed by atoms with Crippen LogP contribution in [0.4, 0.5) is 4.79 Å². The molecule has 17 heavy (non-hydrogen) atoms. The molecule has 0 aliphatic rings. The molecule has 0 spiro atoms. The van der Waals surface area contributed by atoms with Crippen molar-refractivity contribution in [3.8, 4) is 0 Å². The Morgan fingerprint density at radius 3 is 1.88 bits per heavy atom. The van der Waals surface area contributed by atoms with Crippen molar-refractivity contribution in [1.29, 1.82) is 0 Å². The molecule has 0 aromatic heterocycles. The van der Waals surface area contributed by atoms with Crippen LogP contribution in [0.1, 0.15) is 59.3 Å². The van der Waals surface area contributed by atoms with Crippen LogP contribution in [0, 0.1) is 0 Å². The Bertz CT molecular complexity index is 146. The van der Waals surface area contributed by atoms with E-state index < -0.39 is 6.16 Å². The Morgan fingerprint density at radius 1 is 0.941 bits per heavy atom. The van der Waals surface area contributed by atoms with Crippen molar-refractivity contribution in [2.24, 2.45) is 0 Å². The second kappa shape index (κ2) is 17.6. The third-order valence-corrected chi connectivity index (χ3v) is 2.13. The summed E-state index contributed by atoms with van der Waals surface area (Å²) >= 11 is 0. The van der Waals surface area contributed by atoms with Gasteiger partial charge < -0.3 is 14.6 Å². The lowest BCUT2D eigenvalue weighted by atomic mass is 10.1. The summed E-state index contributed by atoms with van der Waals surface area (Å²) in [6, 6.07) is 0. The topological polar surface area (TPSA) is 55.8 Å². The van der Waals surface area contributed by atoms with Crippen LogP contribution in [0.3, 0.4) is 0 Å². The molecule has 0 unspecified atom stereocenters. The second-order valence-electron chi connectivity index (χ2n) is 3.66. The van der Waals surface area contributed by atoms with Crippen molar-refractivity contribution in [2.45, 2.75) is 59.3 Å². The van der Waals surface area contributed by atoms with E-state index in [1.165, 1.54) is 25.7 Å². The highest BCUT2D eigenvalue weighted by Crippen LogP contribution is 2.04. The Hall–Kier alpha value is -0.770. The van der Waals surface area contributed by atoms with Crippen LogP contribution in [0.2, 0.25) is 0 Å². The number of hydrogen-bond acceptors (Lipinski definition) is 3. The predicted molar refractivity (Wildman–Crippen MR) is 69.5 cm³/mol. The van der Waals surface area contributed by atoms with Gasteiger partial charge in [0, 0.05) is 13.2 Å². The highest BCUT2D eigenvalue weighted by molar-refractivity contribution is 5.56. The van der Waals surface area contributed by atoms with Crippen molar-refractivity contribution in [3.05, 3.63) is 0 Å². The van der Waals surface area contributed by atoms with E-state index in [0.29, 0.717) is 6.61 Å². The van der Waals surface area contributed by atoms with Crippen LogP contribution < -0.4 is 0 Å². The molecule has 0 saturated heterocycles. The quantitative estimate of drug-likeness (QED) is 0.493. The Kier molecular flexibility index (Phi) is 19.3. The Labute approximate surface area is 105 Å². The van der Waals surface area contributed by atoms with Crippen LogP contribution >= 0.6 is 0 Å². The molecule has 0 saturated carbocycles. The van der Waals surface area contributed by atoms with Gasteiger partial charge in [-0.15, -0.1) is 0 Å². The van der Waals surface area contributed by atoms with Crippen molar-refractivity contribution >= 4 is 6.16 Å². The summed E-state index contributed by atoms with van der Waals surface area (Å²) in [5, 5.41) is 8.13. The molecule has 0 aromatic carbocycles. The molecule has 0 heterocycles. The van der Waals surface area contributed by atoms with E-state index in [4.69, 9.17) is 9.84 Å². The first-order chi connectivity index (χ1) is 8.18. The molecule has 0 rings (SSSR count). The summed E-state index contributed by atoms with van der Waals surface area (Å²) in [6.07, 6.45) is 5.73. The van der Waals surface area contributed by atoms with Crippen LogP contribution in [-0.2, 0) is 9.47 Å². The molecule has 0 aliphatic heterocycles. The predicted octanol–water partition coefficient (Wildman–Crippen LogP) is 4.08. The summed E-state index contributed by atoms with van der Waals surface area (Å²) in [6.45, 7) is 8.19. The van der Waals surface area contributed by atoms with Crippen LogP contribution in [0.15, 0.2) is 0 Å². The Balaban J connectivity index is 0. The number of hydrogen-bond donors (Lipinski definition) is 1. The molecule has 4 nitrogen and oxygen atoms in total. The molecule has 0 aliphatic carbocycles. The van der Waals surface area contributed by atoms with Crippen molar-refractivity contribution in [3.63, 3.8) is 0 Å². The summed E-state index contributed by atoms with van der Waals surface area (Å²) in [5.74, 6) is 0. The van der Waals surface area contributed by atoms with Crippen molar-refractivity contribution in [2.75, 3.05) is 19.8 Å². The van der Waals surface area contributed by atoms with Crippen LogP contribution in [-0.4, -0.2) is 31.1 Å². The lowest BCUT2D eigenvalue weighted by molar-refractivity contribution is 0.0899. The van der Waals surface area contributed by atoms with Gasteiger partial charge in [0.25, 0.3) is 0 Å². The molecule has 0 bridgehead atoms.